The number of pyridine rings is 1. The van der Waals surface area contributed by atoms with Crippen LogP contribution in [0.4, 0.5) is 0 Å². The van der Waals surface area contributed by atoms with Gasteiger partial charge in [0.1, 0.15) is 0 Å². The molecule has 0 saturated carbocycles. The van der Waals surface area contributed by atoms with Crippen molar-refractivity contribution in [2.45, 2.75) is 12.8 Å². The highest BCUT2D eigenvalue weighted by Gasteiger charge is 2.06. The van der Waals surface area contributed by atoms with Crippen LogP contribution in [0.2, 0.25) is 0 Å². The van der Waals surface area contributed by atoms with Crippen molar-refractivity contribution in [3.63, 3.8) is 0 Å². The maximum absolute atomic E-state index is 12.1. The fourth-order valence-electron chi connectivity index (χ4n) is 1.99. The van der Waals surface area contributed by atoms with Crippen molar-refractivity contribution < 1.29 is 0 Å². The summed E-state index contributed by atoms with van der Waals surface area (Å²) in [4.78, 5) is 12.1. The topological polar surface area (TPSA) is 48.0 Å². The largest absolute Gasteiger partial charge is 0.330 e. The van der Waals surface area contributed by atoms with Crippen molar-refractivity contribution >= 4 is 26.8 Å². The number of hydrogen-bond donors (Lipinski definition) is 1. The summed E-state index contributed by atoms with van der Waals surface area (Å²) in [6, 6.07) is 7.90. The van der Waals surface area contributed by atoms with Crippen LogP contribution in [-0.4, -0.2) is 11.1 Å². The third kappa shape index (κ3) is 2.42. The highest BCUT2D eigenvalue weighted by molar-refractivity contribution is 9.10. The Balaban J connectivity index is 2.63. The minimum atomic E-state index is 0.0771. The summed E-state index contributed by atoms with van der Waals surface area (Å²) >= 11 is 3.45. The monoisotopic (exact) mass is 294 g/mol. The minimum absolute atomic E-state index is 0.0771. The van der Waals surface area contributed by atoms with E-state index in [0.29, 0.717) is 6.54 Å². The Morgan fingerprint density at radius 1 is 1.35 bits per heavy atom. The van der Waals surface area contributed by atoms with E-state index in [1.807, 2.05) is 31.3 Å². The van der Waals surface area contributed by atoms with Gasteiger partial charge in [-0.1, -0.05) is 15.9 Å². The van der Waals surface area contributed by atoms with Gasteiger partial charge in [-0.05, 0) is 49.0 Å². The van der Waals surface area contributed by atoms with E-state index >= 15 is 0 Å². The predicted molar refractivity (Wildman–Crippen MR) is 74.3 cm³/mol. The Hall–Kier alpha value is -1.13. The Kier molecular flexibility index (Phi) is 3.64. The molecule has 3 nitrogen and oxygen atoms in total. The molecule has 0 aliphatic rings. The molecule has 1 heterocycles. The summed E-state index contributed by atoms with van der Waals surface area (Å²) < 4.78 is 2.72. The molecule has 2 N–H and O–H groups in total. The number of aryl methyl sites for hydroxylation is 2. The molecule has 2 aromatic rings. The fraction of sp³-hybridized carbons (Fsp3) is 0.308. The van der Waals surface area contributed by atoms with Crippen LogP contribution in [0, 0.1) is 0 Å². The van der Waals surface area contributed by atoms with Crippen LogP contribution in [0.25, 0.3) is 10.9 Å². The minimum Gasteiger partial charge on any atom is -0.330 e. The first-order valence-corrected chi connectivity index (χ1v) is 6.41. The average molecular weight is 295 g/mol. The molecule has 2 rings (SSSR count). The van der Waals surface area contributed by atoms with E-state index in [1.54, 1.807) is 4.57 Å². The summed E-state index contributed by atoms with van der Waals surface area (Å²) in [5.74, 6) is 0. The van der Waals surface area contributed by atoms with Gasteiger partial charge < -0.3 is 10.3 Å². The van der Waals surface area contributed by atoms with E-state index in [4.69, 9.17) is 5.73 Å². The molecule has 0 spiro atoms. The number of aromatic nitrogens is 1. The SMILES string of the molecule is Cn1c(=O)c(CCCN)cc2cc(Br)ccc21. The van der Waals surface area contributed by atoms with Crippen LogP contribution < -0.4 is 11.3 Å². The highest BCUT2D eigenvalue weighted by atomic mass is 79.9. The second kappa shape index (κ2) is 5.02. The molecular formula is C13H15BrN2O. The Morgan fingerprint density at radius 3 is 2.82 bits per heavy atom. The van der Waals surface area contributed by atoms with Gasteiger partial charge in [0, 0.05) is 17.1 Å². The Morgan fingerprint density at radius 2 is 2.12 bits per heavy atom. The summed E-state index contributed by atoms with van der Waals surface area (Å²) in [5.41, 5.74) is 7.35. The van der Waals surface area contributed by atoms with Crippen LogP contribution in [0.15, 0.2) is 33.5 Å². The summed E-state index contributed by atoms with van der Waals surface area (Å²) in [7, 11) is 1.81. The lowest BCUT2D eigenvalue weighted by Gasteiger charge is -2.08. The summed E-state index contributed by atoms with van der Waals surface area (Å²) in [5, 5.41) is 1.08. The van der Waals surface area contributed by atoms with Gasteiger partial charge >= 0.3 is 0 Å². The third-order valence-corrected chi connectivity index (χ3v) is 3.40. The first-order chi connectivity index (χ1) is 8.13. The number of benzene rings is 1. The van der Waals surface area contributed by atoms with E-state index in [-0.39, 0.29) is 5.56 Å². The molecule has 0 bridgehead atoms. The van der Waals surface area contributed by atoms with Crippen LogP contribution in [0.1, 0.15) is 12.0 Å². The number of halogens is 1. The van der Waals surface area contributed by atoms with Crippen molar-refractivity contribution in [1.82, 2.24) is 4.57 Å². The Bertz CT molecular complexity index is 604. The predicted octanol–water partition coefficient (Wildman–Crippen LogP) is 2.19. The number of nitrogens with two attached hydrogens (primary N) is 1. The van der Waals surface area contributed by atoms with Gasteiger partial charge in [0.05, 0.1) is 5.52 Å². The van der Waals surface area contributed by atoms with E-state index < -0.39 is 0 Å². The van der Waals surface area contributed by atoms with Gasteiger partial charge in [0.15, 0.2) is 0 Å². The van der Waals surface area contributed by atoms with Crippen molar-refractivity contribution in [2.24, 2.45) is 12.8 Å². The lowest BCUT2D eigenvalue weighted by molar-refractivity contribution is 0.799. The zero-order chi connectivity index (χ0) is 12.4. The molecule has 1 aromatic heterocycles. The van der Waals surface area contributed by atoms with Crippen LogP contribution in [-0.2, 0) is 13.5 Å². The molecule has 0 amide bonds. The van der Waals surface area contributed by atoms with Crippen molar-refractivity contribution in [2.75, 3.05) is 6.54 Å². The van der Waals surface area contributed by atoms with Crippen LogP contribution in [0.3, 0.4) is 0 Å². The molecule has 0 atom stereocenters. The first kappa shape index (κ1) is 12.3. The molecule has 0 fully saturated rings. The van der Waals surface area contributed by atoms with E-state index in [2.05, 4.69) is 15.9 Å². The van der Waals surface area contributed by atoms with E-state index in [1.165, 1.54) is 0 Å². The second-order valence-electron chi connectivity index (χ2n) is 4.13. The van der Waals surface area contributed by atoms with Crippen molar-refractivity contribution in [3.8, 4) is 0 Å². The van der Waals surface area contributed by atoms with E-state index in [9.17, 15) is 4.79 Å². The maximum Gasteiger partial charge on any atom is 0.253 e. The molecule has 0 saturated heterocycles. The molecule has 0 aliphatic carbocycles. The highest BCUT2D eigenvalue weighted by Crippen LogP contribution is 2.19. The van der Waals surface area contributed by atoms with Gasteiger partial charge in [-0.3, -0.25) is 4.79 Å². The number of hydrogen-bond acceptors (Lipinski definition) is 2. The van der Waals surface area contributed by atoms with Gasteiger partial charge in [-0.2, -0.15) is 0 Å². The number of rotatable bonds is 3. The third-order valence-electron chi connectivity index (χ3n) is 2.91. The zero-order valence-corrected chi connectivity index (χ0v) is 11.3. The van der Waals surface area contributed by atoms with Crippen LogP contribution in [0.5, 0.6) is 0 Å². The normalized spacial score (nSPS) is 11.0. The standard InChI is InChI=1S/C13H15BrN2O/c1-16-12-5-4-11(14)8-10(12)7-9(13(16)17)3-2-6-15/h4-5,7-8H,2-3,6,15H2,1H3. The molecule has 0 radical (unpaired) electrons. The number of nitrogens with zero attached hydrogens (tertiary/aromatic N) is 1. The smallest absolute Gasteiger partial charge is 0.253 e. The fourth-order valence-corrected chi connectivity index (χ4v) is 2.37. The first-order valence-electron chi connectivity index (χ1n) is 5.61. The van der Waals surface area contributed by atoms with Crippen LogP contribution >= 0.6 is 15.9 Å². The average Bonchev–Trinajstić information content (AvgIpc) is 2.31. The zero-order valence-electron chi connectivity index (χ0n) is 9.74. The molecule has 17 heavy (non-hydrogen) atoms. The lowest BCUT2D eigenvalue weighted by atomic mass is 10.1. The summed E-state index contributed by atoms with van der Waals surface area (Å²) in [6.45, 7) is 0.611. The molecule has 1 aromatic carbocycles. The van der Waals surface area contributed by atoms with Gasteiger partial charge in [0.2, 0.25) is 0 Å². The van der Waals surface area contributed by atoms with Gasteiger partial charge in [-0.25, -0.2) is 0 Å². The molecule has 0 aliphatic heterocycles. The molecule has 90 valence electrons. The Labute approximate surface area is 108 Å². The summed E-state index contributed by atoms with van der Waals surface area (Å²) in [6.07, 6.45) is 1.58. The lowest BCUT2D eigenvalue weighted by Crippen LogP contribution is -2.21. The van der Waals surface area contributed by atoms with Crippen molar-refractivity contribution in [3.05, 3.63) is 44.7 Å². The molecule has 4 heteroatoms. The van der Waals surface area contributed by atoms with Crippen molar-refractivity contribution in [1.29, 1.82) is 0 Å². The maximum atomic E-state index is 12.1. The second-order valence-corrected chi connectivity index (χ2v) is 5.04. The van der Waals surface area contributed by atoms with E-state index in [0.717, 1.165) is 33.8 Å². The molecular weight excluding hydrogens is 280 g/mol. The van der Waals surface area contributed by atoms with Gasteiger partial charge in [-0.15, -0.1) is 0 Å². The number of fused-ring (bicyclic) bond motifs is 1. The quantitative estimate of drug-likeness (QED) is 0.943. The van der Waals surface area contributed by atoms with Gasteiger partial charge in [0.25, 0.3) is 5.56 Å². The molecule has 0 unspecified atom stereocenters.